The number of nitrogens with one attached hydrogen (secondary N) is 3. The van der Waals surface area contributed by atoms with Gasteiger partial charge in [0, 0.05) is 41.4 Å². The Hall–Kier alpha value is -2.56. The van der Waals surface area contributed by atoms with Crippen molar-refractivity contribution in [1.82, 2.24) is 15.0 Å². The number of nitrogens with zero attached hydrogens (tertiary/aromatic N) is 2. The highest BCUT2D eigenvalue weighted by Gasteiger charge is 2.14. The fraction of sp³-hybridized carbons (Fsp3) is 0.429. The van der Waals surface area contributed by atoms with Crippen LogP contribution in [0.4, 0.5) is 11.8 Å². The van der Waals surface area contributed by atoms with Crippen molar-refractivity contribution < 1.29 is 0 Å². The Bertz CT molecular complexity index is 864. The predicted molar refractivity (Wildman–Crippen MR) is 108 cm³/mol. The van der Waals surface area contributed by atoms with Crippen molar-refractivity contribution >= 4 is 22.7 Å². The van der Waals surface area contributed by atoms with Gasteiger partial charge in [-0.3, -0.25) is 0 Å². The number of para-hydroxylation sites is 1. The number of aromatic amines is 1. The molecule has 5 heteroatoms. The molecule has 0 aliphatic heterocycles. The summed E-state index contributed by atoms with van der Waals surface area (Å²) < 4.78 is 0. The molecule has 2 heterocycles. The molecule has 0 unspecified atom stereocenters. The Morgan fingerprint density at radius 1 is 1.12 bits per heavy atom. The number of H-pyrrole nitrogens is 1. The second kappa shape index (κ2) is 7.77. The van der Waals surface area contributed by atoms with E-state index < -0.39 is 0 Å². The smallest absolute Gasteiger partial charge is 0.224 e. The number of benzene rings is 1. The van der Waals surface area contributed by atoms with E-state index in [0.717, 1.165) is 24.5 Å². The number of fused-ring (bicyclic) bond motifs is 1. The van der Waals surface area contributed by atoms with Crippen molar-refractivity contribution in [3.63, 3.8) is 0 Å². The van der Waals surface area contributed by atoms with Gasteiger partial charge in [0.15, 0.2) is 0 Å². The molecule has 3 aromatic rings. The number of hydrogen-bond acceptors (Lipinski definition) is 4. The molecule has 0 radical (unpaired) electrons. The van der Waals surface area contributed by atoms with E-state index in [2.05, 4.69) is 56.0 Å². The Balaban J connectivity index is 1.38. The average molecular weight is 349 g/mol. The molecule has 1 aromatic carbocycles. The SMILES string of the molecule is Cc1cc(NC2CCCCC2)nc(NCCc2c[nH]c3ccccc23)n1. The molecule has 136 valence electrons. The van der Waals surface area contributed by atoms with Gasteiger partial charge in [0.05, 0.1) is 0 Å². The summed E-state index contributed by atoms with van der Waals surface area (Å²) in [6.07, 6.45) is 9.52. The summed E-state index contributed by atoms with van der Waals surface area (Å²) in [7, 11) is 0. The quantitative estimate of drug-likeness (QED) is 0.605. The van der Waals surface area contributed by atoms with Crippen molar-refractivity contribution in [3.8, 4) is 0 Å². The zero-order valence-corrected chi connectivity index (χ0v) is 15.4. The highest BCUT2D eigenvalue weighted by molar-refractivity contribution is 5.83. The largest absolute Gasteiger partial charge is 0.367 e. The first-order valence-electron chi connectivity index (χ1n) is 9.69. The van der Waals surface area contributed by atoms with Crippen LogP contribution >= 0.6 is 0 Å². The van der Waals surface area contributed by atoms with Crippen molar-refractivity contribution in [2.75, 3.05) is 17.2 Å². The minimum atomic E-state index is 0.553. The van der Waals surface area contributed by atoms with Crippen LogP contribution in [0, 0.1) is 6.92 Å². The van der Waals surface area contributed by atoms with E-state index in [1.165, 1.54) is 48.6 Å². The fourth-order valence-electron chi connectivity index (χ4n) is 3.83. The molecule has 26 heavy (non-hydrogen) atoms. The fourth-order valence-corrected chi connectivity index (χ4v) is 3.83. The lowest BCUT2D eigenvalue weighted by molar-refractivity contribution is 0.462. The Morgan fingerprint density at radius 2 is 1.96 bits per heavy atom. The molecule has 0 saturated heterocycles. The molecule has 0 spiro atoms. The van der Waals surface area contributed by atoms with Gasteiger partial charge in [-0.05, 0) is 37.8 Å². The van der Waals surface area contributed by atoms with Crippen LogP contribution in [0.15, 0.2) is 36.5 Å². The van der Waals surface area contributed by atoms with Crippen molar-refractivity contribution in [3.05, 3.63) is 47.8 Å². The molecule has 0 atom stereocenters. The maximum absolute atomic E-state index is 4.67. The first kappa shape index (κ1) is 16.9. The van der Waals surface area contributed by atoms with Gasteiger partial charge in [-0.25, -0.2) is 4.98 Å². The summed E-state index contributed by atoms with van der Waals surface area (Å²) in [5.41, 5.74) is 3.50. The monoisotopic (exact) mass is 349 g/mol. The van der Waals surface area contributed by atoms with Gasteiger partial charge in [-0.15, -0.1) is 0 Å². The minimum Gasteiger partial charge on any atom is -0.367 e. The van der Waals surface area contributed by atoms with Crippen LogP contribution in [0.3, 0.4) is 0 Å². The third kappa shape index (κ3) is 3.98. The van der Waals surface area contributed by atoms with Crippen molar-refractivity contribution in [2.24, 2.45) is 0 Å². The van der Waals surface area contributed by atoms with Gasteiger partial charge in [-0.1, -0.05) is 37.5 Å². The van der Waals surface area contributed by atoms with Gasteiger partial charge < -0.3 is 15.6 Å². The second-order valence-electron chi connectivity index (χ2n) is 7.23. The van der Waals surface area contributed by atoms with Crippen LogP contribution in [-0.4, -0.2) is 27.5 Å². The predicted octanol–water partition coefficient (Wildman–Crippen LogP) is 4.67. The number of anilines is 2. The van der Waals surface area contributed by atoms with Crippen molar-refractivity contribution in [1.29, 1.82) is 0 Å². The zero-order chi connectivity index (χ0) is 17.8. The number of hydrogen-bond donors (Lipinski definition) is 3. The molecular weight excluding hydrogens is 322 g/mol. The summed E-state index contributed by atoms with van der Waals surface area (Å²) in [5.74, 6) is 1.65. The second-order valence-corrected chi connectivity index (χ2v) is 7.23. The number of rotatable bonds is 6. The number of aromatic nitrogens is 3. The van der Waals surface area contributed by atoms with E-state index in [9.17, 15) is 0 Å². The van der Waals surface area contributed by atoms with Gasteiger partial charge in [0.25, 0.3) is 0 Å². The average Bonchev–Trinajstić information content (AvgIpc) is 3.05. The molecule has 0 amide bonds. The maximum Gasteiger partial charge on any atom is 0.224 e. The van der Waals surface area contributed by atoms with E-state index in [4.69, 9.17) is 0 Å². The Morgan fingerprint density at radius 3 is 2.85 bits per heavy atom. The van der Waals surface area contributed by atoms with E-state index in [-0.39, 0.29) is 0 Å². The van der Waals surface area contributed by atoms with Gasteiger partial charge in [0.1, 0.15) is 5.82 Å². The standard InChI is InChI=1S/C21H27N5/c1-15-13-20(25-17-7-3-2-4-8-17)26-21(24-15)22-12-11-16-14-23-19-10-6-5-9-18(16)19/h5-6,9-10,13-14,17,23H,2-4,7-8,11-12H2,1H3,(H2,22,24,25,26). The van der Waals surface area contributed by atoms with Crippen LogP contribution in [0.5, 0.6) is 0 Å². The molecule has 1 saturated carbocycles. The van der Waals surface area contributed by atoms with Gasteiger partial charge >= 0.3 is 0 Å². The molecule has 1 fully saturated rings. The summed E-state index contributed by atoms with van der Waals surface area (Å²) >= 11 is 0. The third-order valence-electron chi connectivity index (χ3n) is 5.16. The molecule has 2 aromatic heterocycles. The first-order chi connectivity index (χ1) is 12.8. The molecule has 5 nitrogen and oxygen atoms in total. The highest BCUT2D eigenvalue weighted by Crippen LogP contribution is 2.22. The van der Waals surface area contributed by atoms with Crippen LogP contribution < -0.4 is 10.6 Å². The molecule has 3 N–H and O–H groups in total. The maximum atomic E-state index is 4.67. The van der Waals surface area contributed by atoms with Crippen LogP contribution in [0.25, 0.3) is 10.9 Å². The summed E-state index contributed by atoms with van der Waals surface area (Å²) in [6, 6.07) is 11.0. The first-order valence-corrected chi connectivity index (χ1v) is 9.69. The Labute approximate surface area is 154 Å². The van der Waals surface area contributed by atoms with Crippen molar-refractivity contribution in [2.45, 2.75) is 51.5 Å². The lowest BCUT2D eigenvalue weighted by atomic mass is 9.95. The minimum absolute atomic E-state index is 0.553. The van der Waals surface area contributed by atoms with E-state index >= 15 is 0 Å². The number of aryl methyl sites for hydroxylation is 1. The van der Waals surface area contributed by atoms with Gasteiger partial charge in [-0.2, -0.15) is 4.98 Å². The molecule has 1 aliphatic carbocycles. The molecule has 1 aliphatic rings. The summed E-state index contributed by atoms with van der Waals surface area (Å²) in [6.45, 7) is 2.84. The lowest BCUT2D eigenvalue weighted by Crippen LogP contribution is -2.23. The topological polar surface area (TPSA) is 65.6 Å². The van der Waals surface area contributed by atoms with Crippen LogP contribution in [0.2, 0.25) is 0 Å². The summed E-state index contributed by atoms with van der Waals surface area (Å²) in [5, 5.41) is 8.27. The molecular formula is C21H27N5. The highest BCUT2D eigenvalue weighted by atomic mass is 15.1. The molecule has 0 bridgehead atoms. The van der Waals surface area contributed by atoms with E-state index in [1.807, 2.05) is 13.0 Å². The third-order valence-corrected chi connectivity index (χ3v) is 5.16. The van der Waals surface area contributed by atoms with Crippen LogP contribution in [-0.2, 0) is 6.42 Å². The van der Waals surface area contributed by atoms with Gasteiger partial charge in [0.2, 0.25) is 5.95 Å². The summed E-state index contributed by atoms with van der Waals surface area (Å²) in [4.78, 5) is 12.5. The van der Waals surface area contributed by atoms with E-state index in [1.54, 1.807) is 0 Å². The lowest BCUT2D eigenvalue weighted by Gasteiger charge is -2.23. The Kier molecular flexibility index (Phi) is 5.04. The van der Waals surface area contributed by atoms with Crippen LogP contribution in [0.1, 0.15) is 43.4 Å². The normalized spacial score (nSPS) is 15.3. The zero-order valence-electron chi connectivity index (χ0n) is 15.4. The molecule has 4 rings (SSSR count). The van der Waals surface area contributed by atoms with E-state index in [0.29, 0.717) is 12.0 Å².